The van der Waals surface area contributed by atoms with Crippen molar-refractivity contribution in [2.45, 2.75) is 61.9 Å². The number of benzene rings is 1. The Hall–Kier alpha value is -1.52. The first-order valence-electron chi connectivity index (χ1n) is 14.2. The maximum atomic E-state index is 14.1. The van der Waals surface area contributed by atoms with Crippen LogP contribution in [0.15, 0.2) is 29.2 Å². The van der Waals surface area contributed by atoms with E-state index in [0.717, 1.165) is 90.8 Å². The van der Waals surface area contributed by atoms with Crippen LogP contribution in [0.5, 0.6) is 0 Å². The van der Waals surface area contributed by atoms with Gasteiger partial charge in [-0.25, -0.2) is 13.2 Å². The number of hydrogen-bond acceptors (Lipinski definition) is 7. The molecular weight excluding hydrogens is 488 g/mol. The summed E-state index contributed by atoms with van der Waals surface area (Å²) in [4.78, 5) is 19.8. The van der Waals surface area contributed by atoms with Gasteiger partial charge in [-0.1, -0.05) is 6.42 Å². The molecular formula is C28H44N4O4S. The van der Waals surface area contributed by atoms with E-state index in [4.69, 9.17) is 4.74 Å². The van der Waals surface area contributed by atoms with Gasteiger partial charge in [-0.15, -0.1) is 0 Å². The third kappa shape index (κ3) is 5.76. The van der Waals surface area contributed by atoms with Crippen molar-refractivity contribution in [1.29, 1.82) is 0 Å². The average Bonchev–Trinajstić information content (AvgIpc) is 2.92. The van der Waals surface area contributed by atoms with Gasteiger partial charge in [-0.3, -0.25) is 4.90 Å². The van der Waals surface area contributed by atoms with Crippen molar-refractivity contribution in [1.82, 2.24) is 19.0 Å². The molecule has 1 aromatic carbocycles. The minimum atomic E-state index is -3.66. The molecule has 0 aromatic heterocycles. The molecule has 9 heteroatoms. The highest BCUT2D eigenvalue weighted by atomic mass is 32.2. The van der Waals surface area contributed by atoms with Gasteiger partial charge in [0.15, 0.2) is 0 Å². The monoisotopic (exact) mass is 532 g/mol. The zero-order chi connectivity index (χ0) is 26.0. The van der Waals surface area contributed by atoms with Gasteiger partial charge >= 0.3 is 5.97 Å². The van der Waals surface area contributed by atoms with Gasteiger partial charge in [0.2, 0.25) is 10.0 Å². The zero-order valence-corrected chi connectivity index (χ0v) is 23.4. The molecule has 4 aliphatic heterocycles. The highest BCUT2D eigenvalue weighted by molar-refractivity contribution is 7.89. The molecule has 0 bridgehead atoms. The lowest BCUT2D eigenvalue weighted by atomic mass is 9.70. The second-order valence-electron chi connectivity index (χ2n) is 11.5. The lowest BCUT2D eigenvalue weighted by molar-refractivity contribution is -0.0525. The first-order valence-corrected chi connectivity index (χ1v) is 15.7. The molecule has 0 aliphatic carbocycles. The summed E-state index contributed by atoms with van der Waals surface area (Å²) < 4.78 is 34.8. The van der Waals surface area contributed by atoms with Crippen LogP contribution in [-0.2, 0) is 14.8 Å². The number of piperidine rings is 3. The van der Waals surface area contributed by atoms with E-state index in [-0.39, 0.29) is 10.9 Å². The predicted octanol–water partition coefficient (Wildman–Crippen LogP) is 2.75. The lowest BCUT2D eigenvalue weighted by Crippen LogP contribution is -2.65. The molecule has 206 valence electrons. The van der Waals surface area contributed by atoms with Gasteiger partial charge in [0, 0.05) is 44.8 Å². The van der Waals surface area contributed by atoms with Crippen LogP contribution >= 0.6 is 0 Å². The van der Waals surface area contributed by atoms with Gasteiger partial charge in [0.1, 0.15) is 0 Å². The Morgan fingerprint density at radius 2 is 1.68 bits per heavy atom. The molecule has 0 N–H and O–H groups in total. The third-order valence-electron chi connectivity index (χ3n) is 9.33. The fourth-order valence-electron chi connectivity index (χ4n) is 7.37. The molecule has 5 rings (SSSR count). The number of unbranched alkanes of at least 4 members (excludes halogenated alkanes) is 1. The smallest absolute Gasteiger partial charge is 0.337 e. The van der Waals surface area contributed by atoms with Crippen LogP contribution in [-0.4, -0.2) is 112 Å². The molecule has 4 saturated heterocycles. The second-order valence-corrected chi connectivity index (χ2v) is 13.4. The molecule has 4 aliphatic rings. The van der Waals surface area contributed by atoms with Crippen LogP contribution in [0.4, 0.5) is 0 Å². The van der Waals surface area contributed by atoms with Crippen molar-refractivity contribution in [2.75, 3.05) is 66.5 Å². The Morgan fingerprint density at radius 3 is 2.38 bits per heavy atom. The number of hydrogen-bond donors (Lipinski definition) is 0. The highest BCUT2D eigenvalue weighted by Gasteiger charge is 2.51. The van der Waals surface area contributed by atoms with Crippen LogP contribution in [0.25, 0.3) is 0 Å². The number of methoxy groups -OCH3 is 1. The van der Waals surface area contributed by atoms with Crippen molar-refractivity contribution in [2.24, 2.45) is 11.8 Å². The summed E-state index contributed by atoms with van der Waals surface area (Å²) >= 11 is 0. The highest BCUT2D eigenvalue weighted by Crippen LogP contribution is 2.45. The number of piperazine rings is 1. The summed E-state index contributed by atoms with van der Waals surface area (Å²) in [7, 11) is -0.143. The third-order valence-corrected chi connectivity index (χ3v) is 11.2. The maximum absolute atomic E-state index is 14.1. The summed E-state index contributed by atoms with van der Waals surface area (Å²) in [6, 6.07) is 6.86. The molecule has 0 amide bonds. The van der Waals surface area contributed by atoms with Gasteiger partial charge in [0.25, 0.3) is 0 Å². The number of likely N-dealkylation sites (N-methyl/N-ethyl adjacent to an activating group) is 1. The fourth-order valence-corrected chi connectivity index (χ4v) is 9.12. The van der Waals surface area contributed by atoms with Crippen molar-refractivity contribution >= 4 is 16.0 Å². The number of nitrogens with zero attached hydrogens (tertiary/aromatic N) is 4. The molecule has 37 heavy (non-hydrogen) atoms. The Balaban J connectivity index is 1.34. The number of carbonyl (C=O) groups excluding carboxylic acids is 1. The zero-order valence-electron chi connectivity index (χ0n) is 22.6. The summed E-state index contributed by atoms with van der Waals surface area (Å²) in [6.07, 6.45) is 7.65. The van der Waals surface area contributed by atoms with E-state index < -0.39 is 16.0 Å². The molecule has 4 heterocycles. The lowest BCUT2D eigenvalue weighted by Gasteiger charge is -2.57. The van der Waals surface area contributed by atoms with Crippen LogP contribution in [0.2, 0.25) is 0 Å². The summed E-state index contributed by atoms with van der Waals surface area (Å²) in [5, 5.41) is 0. The van der Waals surface area contributed by atoms with Gasteiger partial charge in [-0.2, -0.15) is 4.31 Å². The molecule has 0 spiro atoms. The normalized spacial score (nSPS) is 30.1. The number of carbonyl (C=O) groups is 1. The minimum Gasteiger partial charge on any atom is -0.465 e. The first kappa shape index (κ1) is 27.1. The molecule has 0 saturated carbocycles. The van der Waals surface area contributed by atoms with Crippen molar-refractivity contribution in [3.8, 4) is 0 Å². The van der Waals surface area contributed by atoms with E-state index >= 15 is 0 Å². The predicted molar refractivity (Wildman–Crippen MR) is 144 cm³/mol. The molecule has 0 unspecified atom stereocenters. The number of rotatable bonds is 8. The summed E-state index contributed by atoms with van der Waals surface area (Å²) in [6.45, 7) is 8.56. The van der Waals surface area contributed by atoms with Crippen molar-refractivity contribution in [3.05, 3.63) is 29.8 Å². The van der Waals surface area contributed by atoms with Crippen LogP contribution in [0, 0.1) is 11.8 Å². The number of ether oxygens (including phenoxy) is 1. The van der Waals surface area contributed by atoms with Crippen molar-refractivity contribution < 1.29 is 17.9 Å². The topological polar surface area (TPSA) is 73.4 Å². The molecule has 8 nitrogen and oxygen atoms in total. The Kier molecular flexibility index (Phi) is 8.56. The van der Waals surface area contributed by atoms with E-state index in [9.17, 15) is 13.2 Å². The van der Waals surface area contributed by atoms with E-state index in [1.807, 2.05) is 4.31 Å². The van der Waals surface area contributed by atoms with E-state index in [1.54, 1.807) is 24.3 Å². The van der Waals surface area contributed by atoms with Gasteiger partial charge in [-0.05, 0) is 101 Å². The molecule has 1 aromatic rings. The van der Waals surface area contributed by atoms with Crippen molar-refractivity contribution in [3.63, 3.8) is 0 Å². The first-order chi connectivity index (χ1) is 17.9. The Morgan fingerprint density at radius 1 is 0.973 bits per heavy atom. The number of sulfonamides is 1. The minimum absolute atomic E-state index is 0.0416. The standard InChI is InChI=1S/C28H44N4O4S/c1-29-17-19-30(20-18-29)14-4-3-9-26-25-8-6-16-31-15-5-7-23(27(25)31)21-32(26)37(34,35)24-12-10-22(11-13-24)28(33)36-2/h10-13,23,25-27H,3-9,14-21H2,1-2H3/t23-,25+,26+,27-/m0/s1. The van der Waals surface area contributed by atoms with Crippen LogP contribution in [0.3, 0.4) is 0 Å². The number of esters is 1. The second kappa shape index (κ2) is 11.7. The quantitative estimate of drug-likeness (QED) is 0.377. The van der Waals surface area contributed by atoms with E-state index in [1.165, 1.54) is 7.11 Å². The maximum Gasteiger partial charge on any atom is 0.337 e. The SMILES string of the molecule is COC(=O)c1ccc(S(=O)(=O)N2C[C@@H]3CCCN4CCC[C@@H]([C@H]34)[C@H]2CCCCN2CCN(C)CC2)cc1. The Bertz CT molecular complexity index is 1020. The van der Waals surface area contributed by atoms with E-state index in [2.05, 4.69) is 21.7 Å². The van der Waals surface area contributed by atoms with Gasteiger partial charge < -0.3 is 14.5 Å². The average molecular weight is 533 g/mol. The summed E-state index contributed by atoms with van der Waals surface area (Å²) in [5.74, 6) is 0.359. The molecule has 4 atom stereocenters. The van der Waals surface area contributed by atoms with Crippen LogP contribution < -0.4 is 0 Å². The molecule has 4 fully saturated rings. The van der Waals surface area contributed by atoms with E-state index in [0.29, 0.717) is 30.0 Å². The fraction of sp³-hybridized carbons (Fsp3) is 0.750. The molecule has 0 radical (unpaired) electrons. The largest absolute Gasteiger partial charge is 0.465 e. The summed E-state index contributed by atoms with van der Waals surface area (Å²) in [5.41, 5.74) is 0.371. The van der Waals surface area contributed by atoms with Crippen LogP contribution in [0.1, 0.15) is 55.3 Å². The Labute approximate surface area is 223 Å². The van der Waals surface area contributed by atoms with Gasteiger partial charge in [0.05, 0.1) is 17.6 Å².